The van der Waals surface area contributed by atoms with E-state index in [9.17, 15) is 0 Å². The molecule has 2 bridgehead atoms. The van der Waals surface area contributed by atoms with Crippen LogP contribution in [0.15, 0.2) is 158 Å². The largest absolute Gasteiger partial charge is 0.310 e. The van der Waals surface area contributed by atoms with Crippen molar-refractivity contribution in [3.05, 3.63) is 163 Å². The molecule has 3 unspecified atom stereocenters. The van der Waals surface area contributed by atoms with E-state index in [0.29, 0.717) is 5.92 Å². The highest BCUT2D eigenvalue weighted by molar-refractivity contribution is 7.25. The van der Waals surface area contributed by atoms with Gasteiger partial charge in [0.05, 0.1) is 0 Å². The maximum absolute atomic E-state index is 2.49. The fourth-order valence-corrected chi connectivity index (χ4v) is 10.2. The minimum atomic E-state index is 0.693. The minimum absolute atomic E-state index is 0.693. The van der Waals surface area contributed by atoms with Gasteiger partial charge in [-0.3, -0.25) is 0 Å². The van der Waals surface area contributed by atoms with Crippen LogP contribution in [0.5, 0.6) is 0 Å². The molecule has 2 saturated carbocycles. The van der Waals surface area contributed by atoms with Gasteiger partial charge < -0.3 is 4.90 Å². The Bertz CT molecular complexity index is 2470. The molecular formula is C47H37NS. The highest BCUT2D eigenvalue weighted by atomic mass is 32.1. The second-order valence-electron chi connectivity index (χ2n) is 14.1. The maximum Gasteiger partial charge on any atom is 0.0476 e. The highest BCUT2D eigenvalue weighted by Crippen LogP contribution is 2.53. The van der Waals surface area contributed by atoms with Crippen molar-refractivity contribution < 1.29 is 0 Å². The predicted molar refractivity (Wildman–Crippen MR) is 211 cm³/mol. The van der Waals surface area contributed by atoms with E-state index in [1.54, 1.807) is 0 Å². The van der Waals surface area contributed by atoms with Gasteiger partial charge in [-0.15, -0.1) is 11.3 Å². The summed E-state index contributed by atoms with van der Waals surface area (Å²) in [5, 5.41) is 5.24. The quantitative estimate of drug-likeness (QED) is 0.174. The first-order valence-electron chi connectivity index (χ1n) is 17.8. The van der Waals surface area contributed by atoms with Crippen LogP contribution >= 0.6 is 11.3 Å². The zero-order valence-corrected chi connectivity index (χ0v) is 28.2. The van der Waals surface area contributed by atoms with Crippen LogP contribution in [0.3, 0.4) is 0 Å². The van der Waals surface area contributed by atoms with E-state index in [2.05, 4.69) is 163 Å². The number of anilines is 3. The molecule has 236 valence electrons. The number of thiophene rings is 1. The summed E-state index contributed by atoms with van der Waals surface area (Å²) in [5.41, 5.74) is 10.1. The summed E-state index contributed by atoms with van der Waals surface area (Å²) in [4.78, 5) is 2.48. The molecule has 2 aliphatic rings. The lowest BCUT2D eigenvalue weighted by Crippen LogP contribution is -2.12. The van der Waals surface area contributed by atoms with E-state index in [4.69, 9.17) is 0 Å². The summed E-state index contributed by atoms with van der Waals surface area (Å²) in [5.74, 6) is 2.47. The SMILES string of the molecule is c1ccc(-c2cccc3cccc(-c4ccc(N(c5cccc(C6CC7CCC6C7)c5)c5ccc6c(c5)sc5ccccc56)cc4)c23)cc1. The van der Waals surface area contributed by atoms with E-state index in [1.807, 2.05) is 11.3 Å². The second kappa shape index (κ2) is 11.8. The smallest absolute Gasteiger partial charge is 0.0476 e. The van der Waals surface area contributed by atoms with Crippen LogP contribution in [-0.4, -0.2) is 0 Å². The van der Waals surface area contributed by atoms with Crippen LogP contribution in [0.25, 0.3) is 53.2 Å². The standard InChI is InChI=1S/C47H37NS/c1-2-9-32(10-3-1)40-16-7-11-34-12-8-17-41(47(34)40)33-21-23-37(24-22-33)48(38-14-6-13-35(29-38)44-28-31-19-20-36(44)27-31)39-25-26-43-42-15-4-5-18-45(42)49-46(43)30-39/h1-18,21-26,29-31,36,44H,19-20,27-28H2. The van der Waals surface area contributed by atoms with Gasteiger partial charge in [-0.2, -0.15) is 0 Å². The van der Waals surface area contributed by atoms with Gasteiger partial charge in [-0.1, -0.05) is 122 Å². The molecule has 0 N–H and O–H groups in total. The molecule has 2 heteroatoms. The lowest BCUT2D eigenvalue weighted by atomic mass is 9.83. The molecule has 1 aromatic heterocycles. The van der Waals surface area contributed by atoms with Gasteiger partial charge in [0.2, 0.25) is 0 Å². The molecule has 0 amide bonds. The van der Waals surface area contributed by atoms with Crippen LogP contribution in [0.1, 0.15) is 37.2 Å². The molecule has 0 radical (unpaired) electrons. The minimum Gasteiger partial charge on any atom is -0.310 e. The zero-order valence-electron chi connectivity index (χ0n) is 27.4. The fraction of sp³-hybridized carbons (Fsp3) is 0.149. The number of nitrogens with zero attached hydrogens (tertiary/aromatic N) is 1. The van der Waals surface area contributed by atoms with Crippen LogP contribution in [0, 0.1) is 11.8 Å². The van der Waals surface area contributed by atoms with Crippen LogP contribution in [0.2, 0.25) is 0 Å². The van der Waals surface area contributed by atoms with Crippen molar-refractivity contribution in [2.75, 3.05) is 4.90 Å². The lowest BCUT2D eigenvalue weighted by Gasteiger charge is -2.28. The Balaban J connectivity index is 1.10. The summed E-state index contributed by atoms with van der Waals surface area (Å²) in [7, 11) is 0. The molecule has 10 rings (SSSR count). The van der Waals surface area contributed by atoms with E-state index in [0.717, 1.165) is 11.8 Å². The van der Waals surface area contributed by atoms with E-state index < -0.39 is 0 Å². The summed E-state index contributed by atoms with van der Waals surface area (Å²) >= 11 is 1.89. The van der Waals surface area contributed by atoms with Crippen LogP contribution in [-0.2, 0) is 0 Å². The predicted octanol–water partition coefficient (Wildman–Crippen LogP) is 13.9. The van der Waals surface area contributed by atoms with Crippen LogP contribution < -0.4 is 4.90 Å². The topological polar surface area (TPSA) is 3.24 Å². The van der Waals surface area contributed by atoms with E-state index >= 15 is 0 Å². The number of rotatable bonds is 6. The molecule has 0 spiro atoms. The van der Waals surface area contributed by atoms with Gasteiger partial charge in [0, 0.05) is 37.2 Å². The third-order valence-electron chi connectivity index (χ3n) is 11.3. The molecule has 2 fully saturated rings. The molecule has 1 nitrogen and oxygen atoms in total. The third-order valence-corrected chi connectivity index (χ3v) is 12.5. The first-order chi connectivity index (χ1) is 24.3. The average molecular weight is 648 g/mol. The maximum atomic E-state index is 2.49. The van der Waals surface area contributed by atoms with Crippen molar-refractivity contribution in [2.45, 2.75) is 31.6 Å². The Morgan fingerprint density at radius 2 is 1.18 bits per heavy atom. The average Bonchev–Trinajstić information content (AvgIpc) is 3.90. The van der Waals surface area contributed by atoms with Crippen molar-refractivity contribution in [1.82, 2.24) is 0 Å². The number of benzene rings is 7. The molecule has 2 aliphatic carbocycles. The summed E-state index contributed by atoms with van der Waals surface area (Å²) in [6, 6.07) is 58.7. The second-order valence-corrected chi connectivity index (χ2v) is 15.2. The van der Waals surface area contributed by atoms with Crippen molar-refractivity contribution in [2.24, 2.45) is 11.8 Å². The Morgan fingerprint density at radius 3 is 1.96 bits per heavy atom. The van der Waals surface area contributed by atoms with Gasteiger partial charge in [0.25, 0.3) is 0 Å². The summed E-state index contributed by atoms with van der Waals surface area (Å²) in [6.07, 6.45) is 5.60. The summed E-state index contributed by atoms with van der Waals surface area (Å²) < 4.78 is 2.67. The van der Waals surface area contributed by atoms with Crippen molar-refractivity contribution >= 4 is 59.3 Å². The first kappa shape index (κ1) is 28.8. The zero-order chi connectivity index (χ0) is 32.3. The highest BCUT2D eigenvalue weighted by Gasteiger charge is 2.40. The van der Waals surface area contributed by atoms with Crippen molar-refractivity contribution in [1.29, 1.82) is 0 Å². The Labute approximate surface area is 292 Å². The normalized spacial score (nSPS) is 18.5. The lowest BCUT2D eigenvalue weighted by molar-refractivity contribution is 0.420. The Kier molecular flexibility index (Phi) is 6.91. The van der Waals surface area contributed by atoms with Gasteiger partial charge in [-0.05, 0) is 118 Å². The number of fused-ring (bicyclic) bond motifs is 6. The number of hydrogen-bond acceptors (Lipinski definition) is 2. The van der Waals surface area contributed by atoms with Crippen LogP contribution in [0.4, 0.5) is 17.1 Å². The van der Waals surface area contributed by atoms with Gasteiger partial charge in [0.15, 0.2) is 0 Å². The number of hydrogen-bond donors (Lipinski definition) is 0. The molecular weight excluding hydrogens is 611 g/mol. The van der Waals surface area contributed by atoms with E-state index in [-0.39, 0.29) is 0 Å². The third kappa shape index (κ3) is 4.97. The molecule has 8 aromatic rings. The van der Waals surface area contributed by atoms with Gasteiger partial charge in [-0.25, -0.2) is 0 Å². The van der Waals surface area contributed by atoms with Crippen molar-refractivity contribution in [3.8, 4) is 22.3 Å². The molecule has 3 atom stereocenters. The van der Waals surface area contributed by atoms with E-state index in [1.165, 1.54) is 102 Å². The Morgan fingerprint density at radius 1 is 0.490 bits per heavy atom. The Hall–Kier alpha value is -5.18. The molecule has 0 saturated heterocycles. The molecule has 0 aliphatic heterocycles. The van der Waals surface area contributed by atoms with Gasteiger partial charge >= 0.3 is 0 Å². The fourth-order valence-electron chi connectivity index (χ4n) is 9.08. The molecule has 1 heterocycles. The first-order valence-corrected chi connectivity index (χ1v) is 18.6. The monoisotopic (exact) mass is 647 g/mol. The van der Waals surface area contributed by atoms with Gasteiger partial charge in [0.1, 0.15) is 0 Å². The summed E-state index contributed by atoms with van der Waals surface area (Å²) in [6.45, 7) is 0. The van der Waals surface area contributed by atoms with Crippen molar-refractivity contribution in [3.63, 3.8) is 0 Å². The molecule has 7 aromatic carbocycles. The molecule has 49 heavy (non-hydrogen) atoms.